The largest absolute Gasteiger partial charge is 0.444 e. The smallest absolute Gasteiger partial charge is 0.410 e. The number of anilines is 1. The van der Waals surface area contributed by atoms with Crippen molar-refractivity contribution in [2.75, 3.05) is 5.73 Å². The fourth-order valence-corrected chi connectivity index (χ4v) is 4.44. The van der Waals surface area contributed by atoms with Gasteiger partial charge >= 0.3 is 6.09 Å². The molecule has 2 aliphatic rings. The van der Waals surface area contributed by atoms with E-state index in [0.29, 0.717) is 16.9 Å². The first-order chi connectivity index (χ1) is 13.2. The van der Waals surface area contributed by atoms with Gasteiger partial charge in [0.1, 0.15) is 11.4 Å². The molecule has 0 aromatic carbocycles. The molecule has 2 N–H and O–H groups in total. The van der Waals surface area contributed by atoms with E-state index in [2.05, 4.69) is 9.97 Å². The highest BCUT2D eigenvalue weighted by Crippen LogP contribution is 2.47. The summed E-state index contributed by atoms with van der Waals surface area (Å²) in [6, 6.07) is 5.31. The maximum Gasteiger partial charge on any atom is 0.410 e. The summed E-state index contributed by atoms with van der Waals surface area (Å²) in [6.07, 6.45) is 5.75. The van der Waals surface area contributed by atoms with Gasteiger partial charge in [0.25, 0.3) is 0 Å². The maximum absolute atomic E-state index is 13.6. The molecular formula is C21H25FN4O2. The molecule has 0 radical (unpaired) electrons. The number of carbonyl (C=O) groups excluding carboxylic acids is 1. The molecule has 1 amide bonds. The van der Waals surface area contributed by atoms with Gasteiger partial charge < -0.3 is 15.4 Å². The van der Waals surface area contributed by atoms with Crippen molar-refractivity contribution in [3.05, 3.63) is 42.1 Å². The van der Waals surface area contributed by atoms with E-state index in [1.165, 1.54) is 12.3 Å². The fourth-order valence-electron chi connectivity index (χ4n) is 4.44. The summed E-state index contributed by atoms with van der Waals surface area (Å²) in [5.74, 6) is -0.0374. The zero-order chi connectivity index (χ0) is 20.1. The van der Waals surface area contributed by atoms with Crippen LogP contribution < -0.4 is 5.73 Å². The molecule has 2 aromatic rings. The summed E-state index contributed by atoms with van der Waals surface area (Å²) in [4.78, 5) is 22.5. The van der Waals surface area contributed by atoms with Gasteiger partial charge in [-0.15, -0.1) is 0 Å². The third kappa shape index (κ3) is 3.41. The van der Waals surface area contributed by atoms with Crippen LogP contribution in [0.25, 0.3) is 11.1 Å². The Morgan fingerprint density at radius 1 is 1.29 bits per heavy atom. The number of nitrogens with two attached hydrogens (primary N) is 1. The molecule has 4 rings (SSSR count). The molecule has 2 saturated heterocycles. The standard InChI is InChI=1S/C21H25FN4O2/c1-21(2,3)28-20(27)26-14-4-5-17(26)15(10-14)13-8-16(19(23)25-11-13)12-6-7-24-18(22)9-12/h6-9,11,14-15,17H,4-5,10H2,1-3H3,(H2,23,25). The third-order valence-electron chi connectivity index (χ3n) is 5.55. The first-order valence-corrected chi connectivity index (χ1v) is 9.61. The second-order valence-corrected chi connectivity index (χ2v) is 8.60. The monoisotopic (exact) mass is 384 g/mol. The van der Waals surface area contributed by atoms with Gasteiger partial charge in [-0.25, -0.2) is 14.8 Å². The van der Waals surface area contributed by atoms with Crippen molar-refractivity contribution < 1.29 is 13.9 Å². The summed E-state index contributed by atoms with van der Waals surface area (Å²) in [5.41, 5.74) is 7.88. The van der Waals surface area contributed by atoms with Crippen LogP contribution in [0.15, 0.2) is 30.6 Å². The number of hydrogen-bond donors (Lipinski definition) is 1. The van der Waals surface area contributed by atoms with E-state index in [9.17, 15) is 9.18 Å². The molecule has 2 aliphatic heterocycles. The number of nitrogen functional groups attached to an aromatic ring is 1. The van der Waals surface area contributed by atoms with Gasteiger partial charge in [0.05, 0.1) is 0 Å². The van der Waals surface area contributed by atoms with Gasteiger partial charge in [-0.05, 0) is 63.3 Å². The molecule has 4 heterocycles. The van der Waals surface area contributed by atoms with E-state index in [1.54, 1.807) is 12.3 Å². The fraction of sp³-hybridized carbons (Fsp3) is 0.476. The summed E-state index contributed by atoms with van der Waals surface area (Å²) in [6.45, 7) is 5.64. The lowest BCUT2D eigenvalue weighted by Gasteiger charge is -2.28. The molecule has 2 aromatic heterocycles. The number of aromatic nitrogens is 2. The number of fused-ring (bicyclic) bond motifs is 2. The summed E-state index contributed by atoms with van der Waals surface area (Å²) < 4.78 is 19.2. The predicted molar refractivity (Wildman–Crippen MR) is 104 cm³/mol. The van der Waals surface area contributed by atoms with E-state index >= 15 is 0 Å². The number of ether oxygens (including phenoxy) is 1. The van der Waals surface area contributed by atoms with Gasteiger partial charge in [0, 0.05) is 42.0 Å². The van der Waals surface area contributed by atoms with E-state index < -0.39 is 11.5 Å². The Balaban J connectivity index is 1.62. The van der Waals surface area contributed by atoms with Crippen LogP contribution in [0.5, 0.6) is 0 Å². The quantitative estimate of drug-likeness (QED) is 0.788. The Labute approximate surface area is 163 Å². The maximum atomic E-state index is 13.6. The van der Waals surface area contributed by atoms with Crippen LogP contribution in [0.3, 0.4) is 0 Å². The second-order valence-electron chi connectivity index (χ2n) is 8.60. The lowest BCUT2D eigenvalue weighted by Crippen LogP contribution is -2.40. The highest BCUT2D eigenvalue weighted by molar-refractivity contribution is 5.74. The van der Waals surface area contributed by atoms with Crippen molar-refractivity contribution in [2.24, 2.45) is 0 Å². The topological polar surface area (TPSA) is 81.3 Å². The normalized spacial score (nSPS) is 23.9. The van der Waals surface area contributed by atoms with Crippen LogP contribution in [0.2, 0.25) is 0 Å². The molecule has 0 aliphatic carbocycles. The first kappa shape index (κ1) is 18.7. The van der Waals surface area contributed by atoms with Gasteiger partial charge in [0.15, 0.2) is 0 Å². The summed E-state index contributed by atoms with van der Waals surface area (Å²) in [7, 11) is 0. The number of hydrogen-bond acceptors (Lipinski definition) is 5. The van der Waals surface area contributed by atoms with Crippen molar-refractivity contribution in [3.8, 4) is 11.1 Å². The summed E-state index contributed by atoms with van der Waals surface area (Å²) >= 11 is 0. The van der Waals surface area contributed by atoms with Crippen molar-refractivity contribution in [1.29, 1.82) is 0 Å². The molecular weight excluding hydrogens is 359 g/mol. The minimum Gasteiger partial charge on any atom is -0.444 e. The van der Waals surface area contributed by atoms with Crippen molar-refractivity contribution in [2.45, 2.75) is 63.6 Å². The molecule has 2 bridgehead atoms. The van der Waals surface area contributed by atoms with Crippen molar-refractivity contribution in [1.82, 2.24) is 14.9 Å². The summed E-state index contributed by atoms with van der Waals surface area (Å²) in [5, 5.41) is 0. The highest BCUT2D eigenvalue weighted by atomic mass is 19.1. The number of amides is 1. The van der Waals surface area contributed by atoms with Gasteiger partial charge in [-0.2, -0.15) is 4.39 Å². The van der Waals surface area contributed by atoms with Crippen LogP contribution in [0, 0.1) is 5.95 Å². The minimum atomic E-state index is -0.557. The third-order valence-corrected chi connectivity index (χ3v) is 5.55. The number of halogens is 1. The number of pyridine rings is 2. The minimum absolute atomic E-state index is 0.0901. The van der Waals surface area contributed by atoms with E-state index in [-0.39, 0.29) is 24.1 Å². The van der Waals surface area contributed by atoms with Crippen molar-refractivity contribution in [3.63, 3.8) is 0 Å². The van der Waals surface area contributed by atoms with E-state index in [0.717, 1.165) is 24.8 Å². The van der Waals surface area contributed by atoms with Gasteiger partial charge in [-0.3, -0.25) is 0 Å². The molecule has 2 fully saturated rings. The Kier molecular flexibility index (Phi) is 4.48. The Bertz CT molecular complexity index is 912. The molecule has 3 unspecified atom stereocenters. The average molecular weight is 384 g/mol. The molecule has 148 valence electrons. The molecule has 3 atom stereocenters. The zero-order valence-electron chi connectivity index (χ0n) is 16.4. The molecule has 0 spiro atoms. The van der Waals surface area contributed by atoms with Crippen LogP contribution in [0.4, 0.5) is 15.0 Å². The SMILES string of the molecule is CC(C)(C)OC(=O)N1C2CCC1C(c1cnc(N)c(-c3ccnc(F)c3)c1)C2. The highest BCUT2D eigenvalue weighted by Gasteiger charge is 2.50. The van der Waals surface area contributed by atoms with Crippen molar-refractivity contribution >= 4 is 11.9 Å². The lowest BCUT2D eigenvalue weighted by molar-refractivity contribution is 0.0213. The number of nitrogens with zero attached hydrogens (tertiary/aromatic N) is 3. The Hall–Kier alpha value is -2.70. The Morgan fingerprint density at radius 3 is 2.79 bits per heavy atom. The first-order valence-electron chi connectivity index (χ1n) is 9.61. The lowest BCUT2D eigenvalue weighted by atomic mass is 9.84. The molecule has 0 saturated carbocycles. The zero-order valence-corrected chi connectivity index (χ0v) is 16.4. The van der Waals surface area contributed by atoms with Gasteiger partial charge in [0.2, 0.25) is 5.95 Å². The molecule has 7 heteroatoms. The molecule has 28 heavy (non-hydrogen) atoms. The van der Waals surface area contributed by atoms with Crippen LogP contribution in [-0.2, 0) is 4.74 Å². The van der Waals surface area contributed by atoms with Crippen LogP contribution in [0.1, 0.15) is 51.5 Å². The number of carbonyl (C=O) groups is 1. The average Bonchev–Trinajstić information content (AvgIpc) is 3.19. The van der Waals surface area contributed by atoms with E-state index in [4.69, 9.17) is 10.5 Å². The van der Waals surface area contributed by atoms with Crippen LogP contribution in [-0.4, -0.2) is 38.6 Å². The predicted octanol–water partition coefficient (Wildman–Crippen LogP) is 4.12. The second kappa shape index (κ2) is 6.72. The van der Waals surface area contributed by atoms with Crippen LogP contribution >= 0.6 is 0 Å². The van der Waals surface area contributed by atoms with E-state index in [1.807, 2.05) is 31.7 Å². The van der Waals surface area contributed by atoms with Gasteiger partial charge in [-0.1, -0.05) is 0 Å². The Morgan fingerprint density at radius 2 is 2.07 bits per heavy atom. The molecule has 6 nitrogen and oxygen atoms in total. The number of rotatable bonds is 2.